The molecule has 0 aliphatic rings. The van der Waals surface area contributed by atoms with Gasteiger partial charge in [0.25, 0.3) is 0 Å². The van der Waals surface area contributed by atoms with Crippen LogP contribution in [0.5, 0.6) is 0 Å². The summed E-state index contributed by atoms with van der Waals surface area (Å²) in [7, 11) is 1.87. The summed E-state index contributed by atoms with van der Waals surface area (Å²) in [5.74, 6) is -0.169. The first-order chi connectivity index (χ1) is 9.26. The number of aryl methyl sites for hydroxylation is 1. The van der Waals surface area contributed by atoms with E-state index in [-0.39, 0.29) is 11.9 Å². The molecule has 5 heteroatoms. The molecule has 1 heterocycles. The fourth-order valence-electron chi connectivity index (χ4n) is 2.16. The van der Waals surface area contributed by atoms with Gasteiger partial charge in [-0.25, -0.2) is 9.07 Å². The Morgan fingerprint density at radius 1 is 1.37 bits per heavy atom. The SMILES string of the molecule is CCCn1nncc1C(Cc1ccccc1F)NC. The van der Waals surface area contributed by atoms with Crippen molar-refractivity contribution in [2.75, 3.05) is 7.05 Å². The maximum Gasteiger partial charge on any atom is 0.126 e. The van der Waals surface area contributed by atoms with Crippen molar-refractivity contribution in [3.8, 4) is 0 Å². The van der Waals surface area contributed by atoms with E-state index in [1.807, 2.05) is 23.9 Å². The van der Waals surface area contributed by atoms with Crippen LogP contribution in [0.2, 0.25) is 0 Å². The van der Waals surface area contributed by atoms with E-state index in [4.69, 9.17) is 0 Å². The van der Waals surface area contributed by atoms with Crippen molar-refractivity contribution in [2.24, 2.45) is 0 Å². The largest absolute Gasteiger partial charge is 0.311 e. The van der Waals surface area contributed by atoms with Crippen LogP contribution in [0.4, 0.5) is 4.39 Å². The van der Waals surface area contributed by atoms with Gasteiger partial charge in [-0.2, -0.15) is 0 Å². The molecule has 1 aromatic carbocycles. The lowest BCUT2D eigenvalue weighted by Gasteiger charge is -2.17. The Bertz CT molecular complexity index is 524. The van der Waals surface area contributed by atoms with Gasteiger partial charge in [0.1, 0.15) is 5.82 Å². The third-order valence-electron chi connectivity index (χ3n) is 3.17. The second-order valence-electron chi connectivity index (χ2n) is 4.52. The summed E-state index contributed by atoms with van der Waals surface area (Å²) in [6.07, 6.45) is 3.32. The van der Waals surface area contributed by atoms with E-state index < -0.39 is 0 Å². The van der Waals surface area contributed by atoms with Crippen LogP contribution in [0, 0.1) is 5.82 Å². The Balaban J connectivity index is 2.20. The van der Waals surface area contributed by atoms with E-state index >= 15 is 0 Å². The summed E-state index contributed by atoms with van der Waals surface area (Å²) in [4.78, 5) is 0. The number of nitrogens with zero attached hydrogens (tertiary/aromatic N) is 3. The maximum absolute atomic E-state index is 13.7. The first kappa shape index (κ1) is 13.7. The molecule has 0 radical (unpaired) electrons. The molecule has 0 bridgehead atoms. The lowest BCUT2D eigenvalue weighted by Crippen LogP contribution is -2.23. The number of hydrogen-bond acceptors (Lipinski definition) is 3. The normalized spacial score (nSPS) is 12.6. The van der Waals surface area contributed by atoms with Gasteiger partial charge in [0.05, 0.1) is 17.9 Å². The Morgan fingerprint density at radius 3 is 2.84 bits per heavy atom. The Labute approximate surface area is 112 Å². The lowest BCUT2D eigenvalue weighted by molar-refractivity contribution is 0.483. The molecule has 4 nitrogen and oxygen atoms in total. The van der Waals surface area contributed by atoms with Gasteiger partial charge in [-0.15, -0.1) is 5.10 Å². The minimum Gasteiger partial charge on any atom is -0.311 e. The lowest BCUT2D eigenvalue weighted by atomic mass is 10.0. The van der Waals surface area contributed by atoms with Gasteiger partial charge < -0.3 is 5.32 Å². The molecule has 1 N–H and O–H groups in total. The molecule has 1 aromatic heterocycles. The molecular formula is C14H19FN4. The second-order valence-corrected chi connectivity index (χ2v) is 4.52. The van der Waals surface area contributed by atoms with Gasteiger partial charge >= 0.3 is 0 Å². The number of halogens is 1. The first-order valence-electron chi connectivity index (χ1n) is 6.55. The maximum atomic E-state index is 13.7. The first-order valence-corrected chi connectivity index (χ1v) is 6.55. The number of likely N-dealkylation sites (N-methyl/N-ethyl adjacent to an activating group) is 1. The average Bonchev–Trinajstić information content (AvgIpc) is 2.86. The highest BCUT2D eigenvalue weighted by Crippen LogP contribution is 2.19. The Morgan fingerprint density at radius 2 is 2.16 bits per heavy atom. The van der Waals surface area contributed by atoms with E-state index in [1.165, 1.54) is 6.07 Å². The summed E-state index contributed by atoms with van der Waals surface area (Å²) in [6.45, 7) is 2.92. The number of aromatic nitrogens is 3. The minimum atomic E-state index is -0.169. The molecule has 0 saturated heterocycles. The highest BCUT2D eigenvalue weighted by molar-refractivity contribution is 5.20. The zero-order valence-corrected chi connectivity index (χ0v) is 11.3. The Hall–Kier alpha value is -1.75. The van der Waals surface area contributed by atoms with Gasteiger partial charge in [0.2, 0.25) is 0 Å². The topological polar surface area (TPSA) is 42.7 Å². The average molecular weight is 262 g/mol. The van der Waals surface area contributed by atoms with Gasteiger partial charge in [0.15, 0.2) is 0 Å². The van der Waals surface area contributed by atoms with Gasteiger partial charge in [-0.1, -0.05) is 30.3 Å². The summed E-state index contributed by atoms with van der Waals surface area (Å²) < 4.78 is 15.6. The third kappa shape index (κ3) is 3.17. The summed E-state index contributed by atoms with van der Waals surface area (Å²) in [5, 5.41) is 11.2. The highest BCUT2D eigenvalue weighted by atomic mass is 19.1. The molecule has 0 amide bonds. The van der Waals surface area contributed by atoms with Crippen LogP contribution in [0.1, 0.15) is 30.6 Å². The summed E-state index contributed by atoms with van der Waals surface area (Å²) in [6, 6.07) is 6.87. The number of nitrogens with one attached hydrogen (secondary N) is 1. The summed E-state index contributed by atoms with van der Waals surface area (Å²) >= 11 is 0. The molecule has 102 valence electrons. The van der Waals surface area contributed by atoms with E-state index in [9.17, 15) is 4.39 Å². The molecule has 1 atom stereocenters. The van der Waals surface area contributed by atoms with Crippen molar-refractivity contribution in [2.45, 2.75) is 32.4 Å². The summed E-state index contributed by atoms with van der Waals surface area (Å²) in [5.41, 5.74) is 1.69. The molecule has 1 unspecified atom stereocenters. The van der Waals surface area contributed by atoms with Crippen molar-refractivity contribution < 1.29 is 4.39 Å². The zero-order chi connectivity index (χ0) is 13.7. The van der Waals surface area contributed by atoms with Gasteiger partial charge in [-0.05, 0) is 31.5 Å². The van der Waals surface area contributed by atoms with E-state index in [2.05, 4.69) is 22.6 Å². The van der Waals surface area contributed by atoms with Crippen LogP contribution in [0.3, 0.4) is 0 Å². The highest BCUT2D eigenvalue weighted by Gasteiger charge is 2.17. The van der Waals surface area contributed by atoms with E-state index in [0.29, 0.717) is 12.0 Å². The van der Waals surface area contributed by atoms with Crippen molar-refractivity contribution in [3.63, 3.8) is 0 Å². The predicted octanol–water partition coefficient (Wildman–Crippen LogP) is 2.33. The molecule has 19 heavy (non-hydrogen) atoms. The van der Waals surface area contributed by atoms with Gasteiger partial charge in [0, 0.05) is 6.54 Å². The monoisotopic (exact) mass is 262 g/mol. The number of benzene rings is 1. The van der Waals surface area contributed by atoms with Crippen LogP contribution in [0.15, 0.2) is 30.5 Å². The van der Waals surface area contributed by atoms with Crippen molar-refractivity contribution in [3.05, 3.63) is 47.5 Å². The molecule has 0 fully saturated rings. The zero-order valence-electron chi connectivity index (χ0n) is 11.3. The minimum absolute atomic E-state index is 0.0125. The standard InChI is InChI=1S/C14H19FN4/c1-3-8-19-14(10-17-18-19)13(16-2)9-11-6-4-5-7-12(11)15/h4-7,10,13,16H,3,8-9H2,1-2H3. The molecule has 0 aliphatic heterocycles. The predicted molar refractivity (Wildman–Crippen MR) is 72.2 cm³/mol. The van der Waals surface area contributed by atoms with Crippen LogP contribution in [0.25, 0.3) is 0 Å². The quantitative estimate of drug-likeness (QED) is 0.869. The second kappa shape index (κ2) is 6.43. The molecule has 0 spiro atoms. The Kier molecular flexibility index (Phi) is 4.63. The fourth-order valence-corrected chi connectivity index (χ4v) is 2.16. The van der Waals surface area contributed by atoms with E-state index in [0.717, 1.165) is 18.7 Å². The van der Waals surface area contributed by atoms with E-state index in [1.54, 1.807) is 12.3 Å². The number of rotatable bonds is 6. The van der Waals surface area contributed by atoms with Crippen molar-refractivity contribution in [1.29, 1.82) is 0 Å². The van der Waals surface area contributed by atoms with Crippen molar-refractivity contribution >= 4 is 0 Å². The number of hydrogen-bond donors (Lipinski definition) is 1. The van der Waals surface area contributed by atoms with Gasteiger partial charge in [-0.3, -0.25) is 0 Å². The van der Waals surface area contributed by atoms with Crippen molar-refractivity contribution in [1.82, 2.24) is 20.3 Å². The smallest absolute Gasteiger partial charge is 0.126 e. The molecule has 0 saturated carbocycles. The molecule has 0 aliphatic carbocycles. The van der Waals surface area contributed by atoms with Crippen LogP contribution >= 0.6 is 0 Å². The fraction of sp³-hybridized carbons (Fsp3) is 0.429. The molecule has 2 aromatic rings. The van der Waals surface area contributed by atoms with Crippen LogP contribution < -0.4 is 5.32 Å². The third-order valence-corrected chi connectivity index (χ3v) is 3.17. The molecule has 2 rings (SSSR count). The van der Waals surface area contributed by atoms with Crippen LogP contribution in [-0.2, 0) is 13.0 Å². The van der Waals surface area contributed by atoms with Crippen LogP contribution in [-0.4, -0.2) is 22.0 Å². The molecular weight excluding hydrogens is 243 g/mol.